The molecule has 1 atom stereocenters. The first kappa shape index (κ1) is 16.9. The second kappa shape index (κ2) is 5.99. The summed E-state index contributed by atoms with van der Waals surface area (Å²) in [6, 6.07) is 1.82. The molecule has 1 saturated heterocycles. The van der Waals surface area contributed by atoms with Gasteiger partial charge in [0, 0.05) is 24.5 Å². The average molecular weight is 331 g/mol. The third-order valence-corrected chi connectivity index (χ3v) is 7.86. The minimum Gasteiger partial charge on any atom is -0.315 e. The first-order valence-corrected chi connectivity index (χ1v) is 9.66. The third-order valence-electron chi connectivity index (χ3n) is 4.31. The Balaban J connectivity index is 2.21. The zero-order chi connectivity index (χ0) is 15.8. The summed E-state index contributed by atoms with van der Waals surface area (Å²) < 4.78 is 27.7. The molecular weight excluding hydrogens is 304 g/mol. The predicted molar refractivity (Wildman–Crippen MR) is 88.1 cm³/mol. The van der Waals surface area contributed by atoms with Crippen LogP contribution in [0.2, 0.25) is 0 Å². The van der Waals surface area contributed by atoms with Crippen LogP contribution in [0.15, 0.2) is 10.3 Å². The lowest BCUT2D eigenvalue weighted by Crippen LogP contribution is -2.30. The fourth-order valence-corrected chi connectivity index (χ4v) is 5.99. The number of rotatable bonds is 4. The van der Waals surface area contributed by atoms with Crippen molar-refractivity contribution in [2.75, 3.05) is 20.1 Å². The van der Waals surface area contributed by atoms with Crippen molar-refractivity contribution in [2.24, 2.45) is 11.3 Å². The van der Waals surface area contributed by atoms with E-state index in [0.29, 0.717) is 23.2 Å². The van der Waals surface area contributed by atoms with Crippen molar-refractivity contribution in [3.63, 3.8) is 0 Å². The Morgan fingerprint density at radius 2 is 2.10 bits per heavy atom. The summed E-state index contributed by atoms with van der Waals surface area (Å²) in [5.41, 5.74) is 1.21. The molecule has 2 heterocycles. The van der Waals surface area contributed by atoms with E-state index >= 15 is 0 Å². The van der Waals surface area contributed by atoms with E-state index in [1.54, 1.807) is 4.31 Å². The van der Waals surface area contributed by atoms with Gasteiger partial charge in [0.1, 0.15) is 4.21 Å². The van der Waals surface area contributed by atoms with Crippen LogP contribution in [0.1, 0.15) is 37.6 Å². The molecule has 1 aliphatic heterocycles. The van der Waals surface area contributed by atoms with E-state index in [-0.39, 0.29) is 5.41 Å². The Bertz CT molecular complexity index is 600. The van der Waals surface area contributed by atoms with Gasteiger partial charge in [-0.15, -0.1) is 11.3 Å². The molecular formula is C15H26N2O2S2. The standard InChI is InChI=1S/C15H26N2O2S2/c1-11-8-14(20-13(11)9-16-5)21(18,19)17-7-6-12(10-17)15(2,3)4/h8,12,16H,6-7,9-10H2,1-5H3. The number of nitrogens with one attached hydrogen (secondary N) is 1. The normalized spacial score (nSPS) is 21.1. The molecule has 2 rings (SSSR count). The summed E-state index contributed by atoms with van der Waals surface area (Å²) >= 11 is 1.39. The minimum atomic E-state index is -3.33. The van der Waals surface area contributed by atoms with Crippen LogP contribution in [-0.4, -0.2) is 32.9 Å². The largest absolute Gasteiger partial charge is 0.315 e. The van der Waals surface area contributed by atoms with E-state index in [1.165, 1.54) is 11.3 Å². The Labute approximate surface area is 132 Å². The van der Waals surface area contributed by atoms with Crippen LogP contribution in [0.25, 0.3) is 0 Å². The van der Waals surface area contributed by atoms with Crippen molar-refractivity contribution in [1.82, 2.24) is 9.62 Å². The SMILES string of the molecule is CNCc1sc(S(=O)(=O)N2CCC(C(C)(C)C)C2)cc1C. The molecule has 0 bridgehead atoms. The Morgan fingerprint density at radius 1 is 1.43 bits per heavy atom. The van der Waals surface area contributed by atoms with Gasteiger partial charge < -0.3 is 5.32 Å². The highest BCUT2D eigenvalue weighted by Gasteiger charge is 2.38. The van der Waals surface area contributed by atoms with Gasteiger partial charge in [0.05, 0.1) is 0 Å². The minimum absolute atomic E-state index is 0.160. The lowest BCUT2D eigenvalue weighted by molar-refractivity contribution is 0.252. The van der Waals surface area contributed by atoms with Crippen molar-refractivity contribution in [3.8, 4) is 0 Å². The van der Waals surface area contributed by atoms with Gasteiger partial charge in [-0.3, -0.25) is 0 Å². The summed E-state index contributed by atoms with van der Waals surface area (Å²) in [5.74, 6) is 0.435. The van der Waals surface area contributed by atoms with Gasteiger partial charge in [0.25, 0.3) is 10.0 Å². The molecule has 1 aliphatic rings. The van der Waals surface area contributed by atoms with E-state index in [9.17, 15) is 8.42 Å². The second-order valence-corrected chi connectivity index (χ2v) is 10.2. The topological polar surface area (TPSA) is 49.4 Å². The molecule has 4 nitrogen and oxygen atoms in total. The Morgan fingerprint density at radius 3 is 2.62 bits per heavy atom. The second-order valence-electron chi connectivity index (χ2n) is 6.92. The fraction of sp³-hybridized carbons (Fsp3) is 0.733. The molecule has 6 heteroatoms. The van der Waals surface area contributed by atoms with E-state index in [0.717, 1.165) is 23.4 Å². The molecule has 0 amide bonds. The lowest BCUT2D eigenvalue weighted by Gasteiger charge is -2.26. The summed E-state index contributed by atoms with van der Waals surface area (Å²) in [5, 5.41) is 3.09. The van der Waals surface area contributed by atoms with Crippen LogP contribution in [-0.2, 0) is 16.6 Å². The number of thiophene rings is 1. The highest BCUT2D eigenvalue weighted by Crippen LogP contribution is 2.37. The number of aryl methyl sites for hydroxylation is 1. The third kappa shape index (κ3) is 3.50. The van der Waals surface area contributed by atoms with Crippen LogP contribution in [0, 0.1) is 18.3 Å². The molecule has 1 aromatic rings. The highest BCUT2D eigenvalue weighted by molar-refractivity contribution is 7.91. The molecule has 1 N–H and O–H groups in total. The predicted octanol–water partition coefficient (Wildman–Crippen LogP) is 2.83. The molecule has 0 radical (unpaired) electrons. The maximum absolute atomic E-state index is 12.8. The number of nitrogens with zero attached hydrogens (tertiary/aromatic N) is 1. The fourth-order valence-electron chi connectivity index (χ4n) is 2.73. The molecule has 0 aliphatic carbocycles. The van der Waals surface area contributed by atoms with Crippen LogP contribution in [0.5, 0.6) is 0 Å². The van der Waals surface area contributed by atoms with Gasteiger partial charge in [-0.25, -0.2) is 8.42 Å². The van der Waals surface area contributed by atoms with Crippen LogP contribution in [0.3, 0.4) is 0 Å². The average Bonchev–Trinajstić information content (AvgIpc) is 2.97. The van der Waals surface area contributed by atoms with Crippen LogP contribution in [0.4, 0.5) is 0 Å². The monoisotopic (exact) mass is 330 g/mol. The van der Waals surface area contributed by atoms with Crippen molar-refractivity contribution in [2.45, 2.75) is 44.9 Å². The molecule has 120 valence electrons. The van der Waals surface area contributed by atoms with Gasteiger partial charge in [-0.05, 0) is 43.4 Å². The van der Waals surface area contributed by atoms with Crippen molar-refractivity contribution in [3.05, 3.63) is 16.5 Å². The van der Waals surface area contributed by atoms with Crippen molar-refractivity contribution in [1.29, 1.82) is 0 Å². The van der Waals surface area contributed by atoms with Gasteiger partial charge in [0.15, 0.2) is 0 Å². The lowest BCUT2D eigenvalue weighted by atomic mass is 9.80. The Kier molecular flexibility index (Phi) is 4.83. The first-order chi connectivity index (χ1) is 9.66. The molecule has 1 fully saturated rings. The van der Waals surface area contributed by atoms with Gasteiger partial charge >= 0.3 is 0 Å². The number of hydrogen-bond donors (Lipinski definition) is 1. The van der Waals surface area contributed by atoms with Crippen molar-refractivity contribution >= 4 is 21.4 Å². The number of sulfonamides is 1. The molecule has 1 aromatic heterocycles. The molecule has 21 heavy (non-hydrogen) atoms. The van der Waals surface area contributed by atoms with E-state index in [2.05, 4.69) is 26.1 Å². The molecule has 1 unspecified atom stereocenters. The zero-order valence-corrected chi connectivity index (χ0v) is 15.2. The van der Waals surface area contributed by atoms with Crippen LogP contribution >= 0.6 is 11.3 Å². The summed E-state index contributed by atoms with van der Waals surface area (Å²) in [6.07, 6.45) is 0.955. The first-order valence-electron chi connectivity index (χ1n) is 7.40. The summed E-state index contributed by atoms with van der Waals surface area (Å²) in [4.78, 5) is 1.10. The van der Waals surface area contributed by atoms with Gasteiger partial charge in [-0.1, -0.05) is 20.8 Å². The molecule has 0 spiro atoms. The van der Waals surface area contributed by atoms with E-state index in [4.69, 9.17) is 0 Å². The maximum atomic E-state index is 12.8. The van der Waals surface area contributed by atoms with Gasteiger partial charge in [0.2, 0.25) is 0 Å². The van der Waals surface area contributed by atoms with Gasteiger partial charge in [-0.2, -0.15) is 4.31 Å². The quantitative estimate of drug-likeness (QED) is 0.923. The highest BCUT2D eigenvalue weighted by atomic mass is 32.2. The van der Waals surface area contributed by atoms with Crippen LogP contribution < -0.4 is 5.32 Å². The van der Waals surface area contributed by atoms with Crippen molar-refractivity contribution < 1.29 is 8.42 Å². The summed E-state index contributed by atoms with van der Waals surface area (Å²) in [6.45, 7) is 10.5. The molecule has 0 aromatic carbocycles. The van der Waals surface area contributed by atoms with E-state index in [1.807, 2.05) is 20.0 Å². The maximum Gasteiger partial charge on any atom is 0.252 e. The summed E-state index contributed by atoms with van der Waals surface area (Å²) in [7, 11) is -1.45. The van der Waals surface area contributed by atoms with E-state index < -0.39 is 10.0 Å². The smallest absolute Gasteiger partial charge is 0.252 e. The molecule has 0 saturated carbocycles. The number of hydrogen-bond acceptors (Lipinski definition) is 4. The zero-order valence-electron chi connectivity index (χ0n) is 13.6. The Hall–Kier alpha value is -0.430.